The van der Waals surface area contributed by atoms with Crippen molar-refractivity contribution < 1.29 is 0 Å². The summed E-state index contributed by atoms with van der Waals surface area (Å²) in [6, 6.07) is 0. The van der Waals surface area contributed by atoms with Gasteiger partial charge in [-0.25, -0.2) is 4.98 Å². The molecule has 1 aliphatic heterocycles. The zero-order valence-corrected chi connectivity index (χ0v) is 9.19. The van der Waals surface area contributed by atoms with Crippen LogP contribution in [-0.2, 0) is 0 Å². The lowest BCUT2D eigenvalue weighted by Crippen LogP contribution is -2.35. The zero-order valence-electron chi connectivity index (χ0n) is 9.19. The Morgan fingerprint density at radius 3 is 3.20 bits per heavy atom. The van der Waals surface area contributed by atoms with Crippen LogP contribution >= 0.6 is 0 Å². The van der Waals surface area contributed by atoms with E-state index in [1.807, 2.05) is 0 Å². The van der Waals surface area contributed by atoms with Gasteiger partial charge in [0.25, 0.3) is 0 Å². The van der Waals surface area contributed by atoms with Crippen molar-refractivity contribution in [3.63, 3.8) is 0 Å². The highest BCUT2D eigenvalue weighted by Gasteiger charge is 2.16. The minimum absolute atomic E-state index is 0.741. The predicted octanol–water partition coefficient (Wildman–Crippen LogP) is 1.23. The van der Waals surface area contributed by atoms with E-state index in [9.17, 15) is 0 Å². The number of nitrogens with zero attached hydrogens (tertiary/aromatic N) is 3. The molecule has 0 bridgehead atoms. The second kappa shape index (κ2) is 5.07. The van der Waals surface area contributed by atoms with Crippen LogP contribution in [0.3, 0.4) is 0 Å². The molecule has 1 unspecified atom stereocenters. The van der Waals surface area contributed by atoms with Crippen LogP contribution in [-0.4, -0.2) is 41.5 Å². The molecule has 0 aromatic carbocycles. The molecule has 0 amide bonds. The van der Waals surface area contributed by atoms with Crippen LogP contribution in [0, 0.1) is 5.92 Å². The van der Waals surface area contributed by atoms with Crippen LogP contribution in [0.2, 0.25) is 0 Å². The minimum atomic E-state index is 0.741. The van der Waals surface area contributed by atoms with E-state index < -0.39 is 0 Å². The van der Waals surface area contributed by atoms with E-state index in [-0.39, 0.29) is 0 Å². The first-order valence-corrected chi connectivity index (χ1v) is 5.53. The molecule has 4 heteroatoms. The lowest BCUT2D eigenvalue weighted by atomic mass is 9.98. The Balaban J connectivity index is 1.78. The Bertz CT molecular complexity index is 288. The summed E-state index contributed by atoms with van der Waals surface area (Å²) in [5.74, 6) is 1.62. The molecular weight excluding hydrogens is 188 g/mol. The second-order valence-electron chi connectivity index (χ2n) is 4.24. The van der Waals surface area contributed by atoms with Crippen LogP contribution in [0.1, 0.15) is 12.8 Å². The maximum atomic E-state index is 4.19. The van der Waals surface area contributed by atoms with Gasteiger partial charge >= 0.3 is 0 Å². The Labute approximate surface area is 90.7 Å². The maximum absolute atomic E-state index is 4.19. The summed E-state index contributed by atoms with van der Waals surface area (Å²) in [4.78, 5) is 10.6. The summed E-state index contributed by atoms with van der Waals surface area (Å²) in [6.45, 7) is 3.43. The van der Waals surface area contributed by atoms with Gasteiger partial charge in [0.15, 0.2) is 0 Å². The van der Waals surface area contributed by atoms with Crippen molar-refractivity contribution in [2.45, 2.75) is 12.8 Å². The molecule has 2 rings (SSSR count). The van der Waals surface area contributed by atoms with Crippen molar-refractivity contribution >= 4 is 5.82 Å². The molecule has 0 spiro atoms. The molecule has 1 fully saturated rings. The molecule has 1 saturated heterocycles. The molecule has 1 aromatic heterocycles. The number of piperidine rings is 1. The van der Waals surface area contributed by atoms with Crippen LogP contribution in [0.4, 0.5) is 5.82 Å². The average molecular weight is 206 g/mol. The SMILES string of the molecule is CN1CCCC(CNc2cnccn2)C1. The van der Waals surface area contributed by atoms with Gasteiger partial charge in [0.05, 0.1) is 6.20 Å². The number of rotatable bonds is 3. The van der Waals surface area contributed by atoms with E-state index in [4.69, 9.17) is 0 Å². The fourth-order valence-electron chi connectivity index (χ4n) is 2.08. The molecule has 1 aromatic rings. The molecule has 1 N–H and O–H groups in total. The van der Waals surface area contributed by atoms with Gasteiger partial charge in [0, 0.05) is 25.5 Å². The van der Waals surface area contributed by atoms with Gasteiger partial charge in [-0.05, 0) is 32.4 Å². The first-order chi connectivity index (χ1) is 7.34. The summed E-state index contributed by atoms with van der Waals surface area (Å²) < 4.78 is 0. The van der Waals surface area contributed by atoms with E-state index in [1.54, 1.807) is 18.6 Å². The predicted molar refractivity (Wildman–Crippen MR) is 60.7 cm³/mol. The normalized spacial score (nSPS) is 22.6. The summed E-state index contributed by atoms with van der Waals surface area (Å²) in [5.41, 5.74) is 0. The quantitative estimate of drug-likeness (QED) is 0.807. The lowest BCUT2D eigenvalue weighted by molar-refractivity contribution is 0.217. The molecule has 4 nitrogen and oxygen atoms in total. The van der Waals surface area contributed by atoms with E-state index in [0.29, 0.717) is 0 Å². The third-order valence-corrected chi connectivity index (χ3v) is 2.86. The van der Waals surface area contributed by atoms with Gasteiger partial charge in [-0.1, -0.05) is 0 Å². The Morgan fingerprint density at radius 1 is 1.53 bits per heavy atom. The fourth-order valence-corrected chi connectivity index (χ4v) is 2.08. The Kier molecular flexibility index (Phi) is 3.50. The van der Waals surface area contributed by atoms with Crippen molar-refractivity contribution in [3.8, 4) is 0 Å². The number of aromatic nitrogens is 2. The summed E-state index contributed by atoms with van der Waals surface area (Å²) >= 11 is 0. The van der Waals surface area contributed by atoms with Gasteiger partial charge in [-0.3, -0.25) is 4.98 Å². The lowest BCUT2D eigenvalue weighted by Gasteiger charge is -2.29. The molecule has 0 aliphatic carbocycles. The standard InChI is InChI=1S/C11H18N4/c1-15-6-2-3-10(9-15)7-14-11-8-12-4-5-13-11/h4-5,8,10H,2-3,6-7,9H2,1H3,(H,13,14). The molecule has 82 valence electrons. The van der Waals surface area contributed by atoms with E-state index in [0.717, 1.165) is 18.3 Å². The Morgan fingerprint density at radius 2 is 2.47 bits per heavy atom. The summed E-state index contributed by atoms with van der Waals surface area (Å²) in [5, 5.41) is 3.33. The smallest absolute Gasteiger partial charge is 0.144 e. The molecule has 0 radical (unpaired) electrons. The molecule has 1 atom stereocenters. The van der Waals surface area contributed by atoms with Crippen molar-refractivity contribution in [3.05, 3.63) is 18.6 Å². The van der Waals surface area contributed by atoms with E-state index >= 15 is 0 Å². The van der Waals surface area contributed by atoms with Crippen LogP contribution in [0.25, 0.3) is 0 Å². The highest BCUT2D eigenvalue weighted by molar-refractivity contribution is 5.29. The van der Waals surface area contributed by atoms with Gasteiger partial charge < -0.3 is 10.2 Å². The summed E-state index contributed by atoms with van der Waals surface area (Å²) in [6.07, 6.45) is 7.81. The fraction of sp³-hybridized carbons (Fsp3) is 0.636. The van der Waals surface area contributed by atoms with E-state index in [2.05, 4.69) is 27.2 Å². The van der Waals surface area contributed by atoms with Crippen molar-refractivity contribution in [2.24, 2.45) is 5.92 Å². The largest absolute Gasteiger partial charge is 0.368 e. The topological polar surface area (TPSA) is 41.0 Å². The van der Waals surface area contributed by atoms with Crippen LogP contribution in [0.15, 0.2) is 18.6 Å². The molecule has 1 aliphatic rings. The van der Waals surface area contributed by atoms with Crippen molar-refractivity contribution in [1.82, 2.24) is 14.9 Å². The van der Waals surface area contributed by atoms with Crippen molar-refractivity contribution in [2.75, 3.05) is 32.0 Å². The molecule has 0 saturated carbocycles. The molecule has 2 heterocycles. The van der Waals surface area contributed by atoms with Crippen LogP contribution < -0.4 is 5.32 Å². The van der Waals surface area contributed by atoms with Gasteiger partial charge in [-0.2, -0.15) is 0 Å². The third-order valence-electron chi connectivity index (χ3n) is 2.86. The number of anilines is 1. The highest BCUT2D eigenvalue weighted by atomic mass is 15.1. The second-order valence-corrected chi connectivity index (χ2v) is 4.24. The van der Waals surface area contributed by atoms with E-state index in [1.165, 1.54) is 25.9 Å². The number of likely N-dealkylation sites (tertiary alicyclic amines) is 1. The maximum Gasteiger partial charge on any atom is 0.144 e. The van der Waals surface area contributed by atoms with Gasteiger partial charge in [0.1, 0.15) is 5.82 Å². The first kappa shape index (κ1) is 10.4. The third kappa shape index (κ3) is 3.16. The zero-order chi connectivity index (χ0) is 10.5. The minimum Gasteiger partial charge on any atom is -0.368 e. The van der Waals surface area contributed by atoms with Crippen molar-refractivity contribution in [1.29, 1.82) is 0 Å². The average Bonchev–Trinajstić information content (AvgIpc) is 2.28. The number of hydrogen-bond donors (Lipinski definition) is 1. The molecular formula is C11H18N4. The van der Waals surface area contributed by atoms with Gasteiger partial charge in [-0.15, -0.1) is 0 Å². The number of hydrogen-bond acceptors (Lipinski definition) is 4. The highest BCUT2D eigenvalue weighted by Crippen LogP contribution is 2.15. The van der Waals surface area contributed by atoms with Gasteiger partial charge in [0.2, 0.25) is 0 Å². The Hall–Kier alpha value is -1.16. The van der Waals surface area contributed by atoms with Crippen LogP contribution in [0.5, 0.6) is 0 Å². The molecule has 15 heavy (non-hydrogen) atoms. The first-order valence-electron chi connectivity index (χ1n) is 5.53. The number of nitrogens with one attached hydrogen (secondary N) is 1. The monoisotopic (exact) mass is 206 g/mol. The summed E-state index contributed by atoms with van der Waals surface area (Å²) in [7, 11) is 2.19.